The van der Waals surface area contributed by atoms with E-state index in [0.717, 1.165) is 54.4 Å². The molecular formula is C20H22BrN5O. The van der Waals surface area contributed by atoms with Crippen LogP contribution in [0, 0.1) is 0 Å². The van der Waals surface area contributed by atoms with Crippen LogP contribution in [0.25, 0.3) is 5.65 Å². The lowest BCUT2D eigenvalue weighted by atomic mass is 9.74. The summed E-state index contributed by atoms with van der Waals surface area (Å²) < 4.78 is 8.65. The number of halogens is 1. The monoisotopic (exact) mass is 427 g/mol. The molecule has 0 atom stereocenters. The molecule has 3 aromatic rings. The summed E-state index contributed by atoms with van der Waals surface area (Å²) in [5.41, 5.74) is 2.23. The van der Waals surface area contributed by atoms with Crippen molar-refractivity contribution < 1.29 is 4.74 Å². The third-order valence-electron chi connectivity index (χ3n) is 5.74. The van der Waals surface area contributed by atoms with Crippen LogP contribution in [0.5, 0.6) is 0 Å². The molecule has 0 spiro atoms. The van der Waals surface area contributed by atoms with Gasteiger partial charge in [-0.1, -0.05) is 28.1 Å². The predicted molar refractivity (Wildman–Crippen MR) is 107 cm³/mol. The molecule has 0 bridgehead atoms. The van der Waals surface area contributed by atoms with Gasteiger partial charge in [-0.3, -0.25) is 0 Å². The molecule has 1 aliphatic heterocycles. The Kier molecular flexibility index (Phi) is 4.36. The van der Waals surface area contributed by atoms with E-state index in [1.54, 1.807) is 0 Å². The van der Waals surface area contributed by atoms with Crippen LogP contribution < -0.4 is 5.32 Å². The molecule has 1 aromatic carbocycles. The second kappa shape index (κ2) is 6.87. The van der Waals surface area contributed by atoms with Crippen LogP contribution in [0.15, 0.2) is 40.9 Å². The number of benzene rings is 1. The fourth-order valence-electron chi connectivity index (χ4n) is 3.89. The summed E-state index contributed by atoms with van der Waals surface area (Å²) in [5.74, 6) is 2.38. The average molecular weight is 428 g/mol. The highest BCUT2D eigenvalue weighted by Gasteiger charge is 2.34. The van der Waals surface area contributed by atoms with E-state index in [0.29, 0.717) is 5.92 Å². The molecule has 6 nitrogen and oxygen atoms in total. The number of anilines is 1. The van der Waals surface area contributed by atoms with Crippen LogP contribution in [0.2, 0.25) is 0 Å². The van der Waals surface area contributed by atoms with E-state index in [1.807, 2.05) is 16.6 Å². The molecule has 0 unspecified atom stereocenters. The molecule has 3 heterocycles. The summed E-state index contributed by atoms with van der Waals surface area (Å²) in [7, 11) is 0. The van der Waals surface area contributed by atoms with Crippen molar-refractivity contribution in [1.82, 2.24) is 19.8 Å². The topological polar surface area (TPSA) is 64.3 Å². The van der Waals surface area contributed by atoms with Crippen molar-refractivity contribution in [3.63, 3.8) is 0 Å². The quantitative estimate of drug-likeness (QED) is 0.668. The van der Waals surface area contributed by atoms with Gasteiger partial charge in [-0.05, 0) is 55.5 Å². The largest absolute Gasteiger partial charge is 0.381 e. The van der Waals surface area contributed by atoms with E-state index < -0.39 is 0 Å². The second-order valence-corrected chi connectivity index (χ2v) is 8.49. The number of ether oxygens (including phenoxy) is 1. The van der Waals surface area contributed by atoms with Gasteiger partial charge in [0, 0.05) is 35.6 Å². The number of nitrogens with one attached hydrogen (secondary N) is 1. The standard InChI is InChI=1S/C20H22BrN5O/c21-16-5-3-15(4-6-16)20(9-11-27-12-10-20)13-22-17-7-8-18-23-24-19(14-1-2-14)26(18)25-17/h3-8,14H,1-2,9-13H2,(H,22,25). The van der Waals surface area contributed by atoms with E-state index in [-0.39, 0.29) is 5.41 Å². The smallest absolute Gasteiger partial charge is 0.178 e. The first-order chi connectivity index (χ1) is 13.2. The fraction of sp³-hybridized carbons (Fsp3) is 0.450. The van der Waals surface area contributed by atoms with Crippen molar-refractivity contribution in [1.29, 1.82) is 0 Å². The summed E-state index contributed by atoms with van der Waals surface area (Å²) in [6.45, 7) is 2.42. The Hall–Kier alpha value is -1.99. The first kappa shape index (κ1) is 17.1. The molecule has 2 aliphatic rings. The third-order valence-corrected chi connectivity index (χ3v) is 6.27. The van der Waals surface area contributed by atoms with Crippen LogP contribution in [0.1, 0.15) is 43.0 Å². The number of rotatable bonds is 5. The maximum atomic E-state index is 5.64. The molecule has 1 saturated heterocycles. The summed E-state index contributed by atoms with van der Waals surface area (Å²) in [6, 6.07) is 12.7. The maximum Gasteiger partial charge on any atom is 0.178 e. The summed E-state index contributed by atoms with van der Waals surface area (Å²) in [5, 5.41) is 16.9. The number of nitrogens with zero attached hydrogens (tertiary/aromatic N) is 4. The van der Waals surface area contributed by atoms with Gasteiger partial charge in [-0.25, -0.2) is 0 Å². The lowest BCUT2D eigenvalue weighted by molar-refractivity contribution is 0.0543. The van der Waals surface area contributed by atoms with Crippen LogP contribution >= 0.6 is 15.9 Å². The highest BCUT2D eigenvalue weighted by Crippen LogP contribution is 2.39. The summed E-state index contributed by atoms with van der Waals surface area (Å²) in [6.07, 6.45) is 4.38. The minimum Gasteiger partial charge on any atom is -0.381 e. The molecule has 27 heavy (non-hydrogen) atoms. The molecule has 0 radical (unpaired) electrons. The number of hydrogen-bond donors (Lipinski definition) is 1. The normalized spacial score (nSPS) is 19.3. The second-order valence-electron chi connectivity index (χ2n) is 7.57. The Morgan fingerprint density at radius 2 is 1.85 bits per heavy atom. The molecule has 140 valence electrons. The van der Waals surface area contributed by atoms with Gasteiger partial charge in [0.15, 0.2) is 11.5 Å². The summed E-state index contributed by atoms with van der Waals surface area (Å²) in [4.78, 5) is 0. The molecule has 5 rings (SSSR count). The molecule has 1 aliphatic carbocycles. The zero-order valence-corrected chi connectivity index (χ0v) is 16.7. The molecule has 7 heteroatoms. The molecule has 2 fully saturated rings. The van der Waals surface area contributed by atoms with E-state index in [9.17, 15) is 0 Å². The number of fused-ring (bicyclic) bond motifs is 1. The number of hydrogen-bond acceptors (Lipinski definition) is 5. The van der Waals surface area contributed by atoms with Gasteiger partial charge in [-0.15, -0.1) is 15.3 Å². The zero-order chi connectivity index (χ0) is 18.3. The van der Waals surface area contributed by atoms with Gasteiger partial charge >= 0.3 is 0 Å². The fourth-order valence-corrected chi connectivity index (χ4v) is 4.15. The van der Waals surface area contributed by atoms with Gasteiger partial charge in [0.05, 0.1) is 0 Å². The first-order valence-electron chi connectivity index (χ1n) is 9.54. The van der Waals surface area contributed by atoms with E-state index in [1.165, 1.54) is 18.4 Å². The van der Waals surface area contributed by atoms with Gasteiger partial charge in [0.25, 0.3) is 0 Å². The maximum absolute atomic E-state index is 5.64. The van der Waals surface area contributed by atoms with Crippen LogP contribution in [0.4, 0.5) is 5.82 Å². The minimum atomic E-state index is 0.0576. The third kappa shape index (κ3) is 3.34. The number of aromatic nitrogens is 4. The van der Waals surface area contributed by atoms with E-state index in [2.05, 4.69) is 55.7 Å². The minimum absolute atomic E-state index is 0.0576. The highest BCUT2D eigenvalue weighted by molar-refractivity contribution is 9.10. The summed E-state index contributed by atoms with van der Waals surface area (Å²) >= 11 is 3.54. The molecule has 1 N–H and O–H groups in total. The van der Waals surface area contributed by atoms with Crippen molar-refractivity contribution >= 4 is 27.4 Å². The van der Waals surface area contributed by atoms with E-state index >= 15 is 0 Å². The van der Waals surface area contributed by atoms with Crippen LogP contribution in [-0.2, 0) is 10.2 Å². The Balaban J connectivity index is 1.41. The zero-order valence-electron chi connectivity index (χ0n) is 15.1. The van der Waals surface area contributed by atoms with Crippen molar-refractivity contribution in [3.8, 4) is 0 Å². The van der Waals surface area contributed by atoms with Crippen LogP contribution in [0.3, 0.4) is 0 Å². The average Bonchev–Trinajstić information content (AvgIpc) is 3.47. The van der Waals surface area contributed by atoms with E-state index in [4.69, 9.17) is 9.84 Å². The van der Waals surface area contributed by atoms with Gasteiger partial charge in [0.2, 0.25) is 0 Å². The highest BCUT2D eigenvalue weighted by atomic mass is 79.9. The van der Waals surface area contributed by atoms with Crippen molar-refractivity contribution in [2.45, 2.75) is 37.0 Å². The molecular weight excluding hydrogens is 406 g/mol. The Morgan fingerprint density at radius 1 is 1.07 bits per heavy atom. The van der Waals surface area contributed by atoms with Gasteiger partial charge in [-0.2, -0.15) is 4.52 Å². The Labute approximate surface area is 166 Å². The van der Waals surface area contributed by atoms with Crippen LogP contribution in [-0.4, -0.2) is 39.6 Å². The molecule has 1 saturated carbocycles. The van der Waals surface area contributed by atoms with Gasteiger partial charge < -0.3 is 10.1 Å². The van der Waals surface area contributed by atoms with Crippen molar-refractivity contribution in [2.24, 2.45) is 0 Å². The molecule has 0 amide bonds. The van der Waals surface area contributed by atoms with Gasteiger partial charge in [0.1, 0.15) is 5.82 Å². The van der Waals surface area contributed by atoms with Crippen molar-refractivity contribution in [2.75, 3.05) is 25.1 Å². The Morgan fingerprint density at radius 3 is 2.59 bits per heavy atom. The van der Waals surface area contributed by atoms with Crippen molar-refractivity contribution in [3.05, 3.63) is 52.3 Å². The molecule has 2 aromatic heterocycles. The SMILES string of the molecule is Brc1ccc(C2(CNc3ccc4nnc(C5CC5)n4n3)CCOCC2)cc1. The lowest BCUT2D eigenvalue weighted by Gasteiger charge is -2.38. The predicted octanol–water partition coefficient (Wildman–Crippen LogP) is 3.92. The first-order valence-corrected chi connectivity index (χ1v) is 10.3. The Bertz CT molecular complexity index is 945. The lowest BCUT2D eigenvalue weighted by Crippen LogP contribution is -2.40.